The van der Waals surface area contributed by atoms with Crippen molar-refractivity contribution in [2.45, 2.75) is 37.7 Å². The molecule has 0 spiro atoms. The van der Waals surface area contributed by atoms with Crippen LogP contribution in [0.2, 0.25) is 0 Å². The lowest BCUT2D eigenvalue weighted by molar-refractivity contribution is 0.626. The molecule has 0 fully saturated rings. The Kier molecular flexibility index (Phi) is 5.18. The predicted octanol–water partition coefficient (Wildman–Crippen LogP) is 3.16. The van der Waals surface area contributed by atoms with Gasteiger partial charge in [0.05, 0.1) is 5.69 Å². The van der Waals surface area contributed by atoms with E-state index >= 15 is 0 Å². The second kappa shape index (κ2) is 7.93. The molecule has 8 nitrogen and oxygen atoms in total. The Labute approximate surface area is 171 Å². The Hall–Kier alpha value is -3.38. The number of nitrogens with zero attached hydrogens (tertiary/aromatic N) is 6. The number of rotatable bonds is 6. The highest BCUT2D eigenvalue weighted by molar-refractivity contribution is 7.98. The number of nitriles is 1. The summed E-state index contributed by atoms with van der Waals surface area (Å²) in [6, 6.07) is 11.7. The summed E-state index contributed by atoms with van der Waals surface area (Å²) in [7, 11) is 0. The molecule has 0 radical (unpaired) electrons. The first-order chi connectivity index (χ1) is 14.1. The van der Waals surface area contributed by atoms with Gasteiger partial charge in [0.1, 0.15) is 11.6 Å². The van der Waals surface area contributed by atoms with Crippen LogP contribution in [0.5, 0.6) is 0 Å². The zero-order chi connectivity index (χ0) is 20.4. The van der Waals surface area contributed by atoms with Gasteiger partial charge in [-0.2, -0.15) is 5.26 Å². The largest absolute Gasteiger partial charge is 0.302 e. The monoisotopic (exact) mass is 405 g/mol. The summed E-state index contributed by atoms with van der Waals surface area (Å²) < 4.78 is 3.37. The molecule has 0 aliphatic rings. The molecule has 0 aliphatic carbocycles. The second-order valence-electron chi connectivity index (χ2n) is 6.66. The summed E-state index contributed by atoms with van der Waals surface area (Å²) in [5, 5.41) is 21.5. The minimum Gasteiger partial charge on any atom is -0.302 e. The lowest BCUT2D eigenvalue weighted by atomic mass is 10.1. The summed E-state index contributed by atoms with van der Waals surface area (Å²) in [5.41, 5.74) is 3.22. The SMILES string of the molecule is CCCn1c(SCc2cc(=O)n3[nH]cc(C#N)c3n2)nnc1-c1cccc(C)c1. The summed E-state index contributed by atoms with van der Waals surface area (Å²) in [6.07, 6.45) is 2.43. The van der Waals surface area contributed by atoms with Crippen molar-refractivity contribution in [2.24, 2.45) is 0 Å². The van der Waals surface area contributed by atoms with Gasteiger partial charge in [-0.15, -0.1) is 10.2 Å². The molecule has 0 saturated carbocycles. The summed E-state index contributed by atoms with van der Waals surface area (Å²) in [4.78, 5) is 16.7. The van der Waals surface area contributed by atoms with Crippen LogP contribution in [-0.2, 0) is 12.3 Å². The van der Waals surface area contributed by atoms with E-state index < -0.39 is 0 Å². The predicted molar refractivity (Wildman–Crippen MR) is 111 cm³/mol. The summed E-state index contributed by atoms with van der Waals surface area (Å²) >= 11 is 1.48. The van der Waals surface area contributed by atoms with Crippen molar-refractivity contribution in [1.82, 2.24) is 29.4 Å². The lowest BCUT2D eigenvalue weighted by Gasteiger charge is -2.09. The standard InChI is InChI=1S/C20H19N7OS/c1-3-7-26-19(14-6-4-5-13(2)8-14)24-25-20(26)29-12-16-9-17(28)27-18(23-16)15(10-21)11-22-27/h4-6,8-9,11,22H,3,7,12H2,1-2H3. The van der Waals surface area contributed by atoms with Crippen LogP contribution in [-0.4, -0.2) is 29.4 Å². The molecule has 0 atom stereocenters. The molecule has 0 aliphatic heterocycles. The average molecular weight is 405 g/mol. The Balaban J connectivity index is 1.64. The fourth-order valence-corrected chi connectivity index (χ4v) is 4.00. The lowest BCUT2D eigenvalue weighted by Crippen LogP contribution is -2.15. The van der Waals surface area contributed by atoms with Crippen molar-refractivity contribution >= 4 is 17.4 Å². The topological polar surface area (TPSA) is 105 Å². The molecular formula is C20H19N7OS. The third-order valence-electron chi connectivity index (χ3n) is 4.46. The molecule has 9 heteroatoms. The van der Waals surface area contributed by atoms with Gasteiger partial charge in [0.15, 0.2) is 16.6 Å². The molecule has 0 bridgehead atoms. The van der Waals surface area contributed by atoms with Gasteiger partial charge in [-0.05, 0) is 19.4 Å². The van der Waals surface area contributed by atoms with Gasteiger partial charge >= 0.3 is 0 Å². The Bertz CT molecular complexity index is 1280. The third-order valence-corrected chi connectivity index (χ3v) is 5.46. The average Bonchev–Trinajstić information content (AvgIpc) is 3.31. The number of hydrogen-bond donors (Lipinski definition) is 1. The number of H-pyrrole nitrogens is 1. The molecule has 4 rings (SSSR count). The second-order valence-corrected chi connectivity index (χ2v) is 7.60. The van der Waals surface area contributed by atoms with E-state index in [9.17, 15) is 10.1 Å². The van der Waals surface area contributed by atoms with Crippen molar-refractivity contribution in [3.8, 4) is 17.5 Å². The molecule has 146 valence electrons. The molecule has 0 amide bonds. The van der Waals surface area contributed by atoms with E-state index in [-0.39, 0.29) is 5.56 Å². The van der Waals surface area contributed by atoms with E-state index in [1.807, 2.05) is 18.2 Å². The molecular weight excluding hydrogens is 386 g/mol. The van der Waals surface area contributed by atoms with Gasteiger partial charge in [0.25, 0.3) is 5.56 Å². The number of thioether (sulfide) groups is 1. The molecule has 3 heterocycles. The number of aromatic nitrogens is 6. The van der Waals surface area contributed by atoms with Crippen LogP contribution in [0.1, 0.15) is 30.2 Å². The van der Waals surface area contributed by atoms with Crippen molar-refractivity contribution in [3.63, 3.8) is 0 Å². The van der Waals surface area contributed by atoms with Crippen LogP contribution >= 0.6 is 11.8 Å². The highest BCUT2D eigenvalue weighted by atomic mass is 32.2. The van der Waals surface area contributed by atoms with Crippen molar-refractivity contribution in [2.75, 3.05) is 0 Å². The normalized spacial score (nSPS) is 11.1. The number of benzene rings is 1. The summed E-state index contributed by atoms with van der Waals surface area (Å²) in [5.74, 6) is 1.29. The molecule has 29 heavy (non-hydrogen) atoms. The smallest absolute Gasteiger partial charge is 0.272 e. The van der Waals surface area contributed by atoms with Gasteiger partial charge in [-0.25, -0.2) is 9.50 Å². The maximum absolute atomic E-state index is 12.3. The van der Waals surface area contributed by atoms with Crippen LogP contribution in [0, 0.1) is 18.3 Å². The first kappa shape index (κ1) is 19.0. The fourth-order valence-electron chi connectivity index (χ4n) is 3.14. The van der Waals surface area contributed by atoms with E-state index in [0.717, 1.165) is 29.5 Å². The molecule has 1 N–H and O–H groups in total. The molecule has 4 aromatic rings. The Morgan fingerprint density at radius 1 is 1.28 bits per heavy atom. The van der Waals surface area contributed by atoms with Crippen LogP contribution in [0.4, 0.5) is 0 Å². The number of fused-ring (bicyclic) bond motifs is 1. The van der Waals surface area contributed by atoms with E-state index in [2.05, 4.69) is 50.8 Å². The van der Waals surface area contributed by atoms with Gasteiger partial charge in [0.2, 0.25) is 0 Å². The fraction of sp³-hybridized carbons (Fsp3) is 0.250. The molecule has 0 unspecified atom stereocenters. The highest BCUT2D eigenvalue weighted by Crippen LogP contribution is 2.26. The molecule has 3 aromatic heterocycles. The first-order valence-corrected chi connectivity index (χ1v) is 10.2. The van der Waals surface area contributed by atoms with E-state index in [0.29, 0.717) is 22.7 Å². The summed E-state index contributed by atoms with van der Waals surface area (Å²) in [6.45, 7) is 4.96. The Morgan fingerprint density at radius 3 is 2.90 bits per heavy atom. The van der Waals surface area contributed by atoms with Crippen molar-refractivity contribution < 1.29 is 0 Å². The number of nitrogens with one attached hydrogen (secondary N) is 1. The van der Waals surface area contributed by atoms with Crippen LogP contribution in [0.15, 0.2) is 46.5 Å². The minimum atomic E-state index is -0.248. The van der Waals surface area contributed by atoms with E-state index in [4.69, 9.17) is 0 Å². The molecule has 0 saturated heterocycles. The van der Waals surface area contributed by atoms with Crippen molar-refractivity contribution in [3.05, 3.63) is 63.7 Å². The number of aromatic amines is 1. The zero-order valence-corrected chi connectivity index (χ0v) is 16.9. The van der Waals surface area contributed by atoms with Gasteiger partial charge in [-0.1, -0.05) is 42.4 Å². The number of hydrogen-bond acceptors (Lipinski definition) is 6. The van der Waals surface area contributed by atoms with Gasteiger partial charge in [0, 0.05) is 30.1 Å². The molecule has 1 aromatic carbocycles. The van der Waals surface area contributed by atoms with Crippen molar-refractivity contribution in [1.29, 1.82) is 5.26 Å². The first-order valence-electron chi connectivity index (χ1n) is 9.24. The van der Waals surface area contributed by atoms with Crippen LogP contribution in [0.3, 0.4) is 0 Å². The third kappa shape index (κ3) is 3.67. The maximum Gasteiger partial charge on any atom is 0.272 e. The van der Waals surface area contributed by atoms with Crippen LogP contribution in [0.25, 0.3) is 17.0 Å². The Morgan fingerprint density at radius 2 is 2.14 bits per heavy atom. The zero-order valence-electron chi connectivity index (χ0n) is 16.1. The minimum absolute atomic E-state index is 0.248. The van der Waals surface area contributed by atoms with Gasteiger partial charge in [-0.3, -0.25) is 9.89 Å². The number of aryl methyl sites for hydroxylation is 1. The van der Waals surface area contributed by atoms with Crippen LogP contribution < -0.4 is 5.56 Å². The quantitative estimate of drug-likeness (QED) is 0.494. The highest BCUT2D eigenvalue weighted by Gasteiger charge is 2.15. The maximum atomic E-state index is 12.3. The van der Waals surface area contributed by atoms with Gasteiger partial charge < -0.3 is 4.57 Å². The van der Waals surface area contributed by atoms with E-state index in [1.165, 1.54) is 34.1 Å². The van der Waals surface area contributed by atoms with E-state index in [1.54, 1.807) is 0 Å².